The van der Waals surface area contributed by atoms with Gasteiger partial charge < -0.3 is 5.32 Å². The Kier molecular flexibility index (Phi) is 4.43. The lowest BCUT2D eigenvalue weighted by Gasteiger charge is -2.11. The fraction of sp³-hybridized carbons (Fsp3) is 0.176. The van der Waals surface area contributed by atoms with E-state index < -0.39 is 0 Å². The number of rotatable bonds is 4. The Hall–Kier alpha value is -2.60. The zero-order valence-electron chi connectivity index (χ0n) is 12.9. The number of hydrogen-bond acceptors (Lipinski definition) is 5. The lowest BCUT2D eigenvalue weighted by molar-refractivity contribution is 0.102. The lowest BCUT2D eigenvalue weighted by atomic mass is 10.1. The van der Waals surface area contributed by atoms with Gasteiger partial charge in [0.15, 0.2) is 10.8 Å². The van der Waals surface area contributed by atoms with Gasteiger partial charge in [-0.1, -0.05) is 25.1 Å². The summed E-state index contributed by atoms with van der Waals surface area (Å²) >= 11 is 1.36. The first-order chi connectivity index (χ1) is 11.2. The Morgan fingerprint density at radius 3 is 2.74 bits per heavy atom. The van der Waals surface area contributed by atoms with Gasteiger partial charge in [0, 0.05) is 23.5 Å². The molecule has 6 heteroatoms. The van der Waals surface area contributed by atoms with Gasteiger partial charge in [-0.3, -0.25) is 4.79 Å². The Labute approximate surface area is 138 Å². The predicted molar refractivity (Wildman–Crippen MR) is 91.7 cm³/mol. The third-order valence-corrected chi connectivity index (χ3v) is 4.31. The summed E-state index contributed by atoms with van der Waals surface area (Å²) in [5, 5.41) is 5.34. The second-order valence-electron chi connectivity index (χ2n) is 5.03. The van der Waals surface area contributed by atoms with E-state index in [9.17, 15) is 4.79 Å². The minimum Gasteiger partial charge on any atom is -0.320 e. The molecule has 0 fully saturated rings. The van der Waals surface area contributed by atoms with E-state index in [0.29, 0.717) is 16.5 Å². The zero-order chi connectivity index (χ0) is 16.2. The summed E-state index contributed by atoms with van der Waals surface area (Å²) in [5.41, 5.74) is 3.40. The molecule has 1 N–H and O–H groups in total. The van der Waals surface area contributed by atoms with Crippen molar-refractivity contribution in [2.45, 2.75) is 20.3 Å². The smallest absolute Gasteiger partial charge is 0.275 e. The second kappa shape index (κ2) is 6.66. The molecule has 0 radical (unpaired) electrons. The molecular weight excluding hydrogens is 308 g/mol. The molecular formula is C17H16N4OS. The molecule has 23 heavy (non-hydrogen) atoms. The van der Waals surface area contributed by atoms with E-state index in [4.69, 9.17) is 0 Å². The van der Waals surface area contributed by atoms with Crippen molar-refractivity contribution in [2.75, 3.05) is 5.32 Å². The van der Waals surface area contributed by atoms with Crippen LogP contribution in [0.2, 0.25) is 0 Å². The van der Waals surface area contributed by atoms with E-state index in [1.54, 1.807) is 23.8 Å². The number of aryl methyl sites for hydroxylation is 2. The number of para-hydroxylation sites is 1. The number of amides is 1. The first-order valence-electron chi connectivity index (χ1n) is 7.31. The Morgan fingerprint density at radius 2 is 2.00 bits per heavy atom. The fourth-order valence-electron chi connectivity index (χ4n) is 2.27. The number of carbonyl (C=O) groups excluding carboxylic acids is 1. The maximum absolute atomic E-state index is 12.5. The fourth-order valence-corrected chi connectivity index (χ4v) is 3.01. The highest BCUT2D eigenvalue weighted by Gasteiger charge is 2.15. The number of benzene rings is 1. The third-order valence-electron chi connectivity index (χ3n) is 3.47. The van der Waals surface area contributed by atoms with Crippen LogP contribution in [-0.4, -0.2) is 20.9 Å². The molecule has 0 saturated carbocycles. The molecule has 0 spiro atoms. The van der Waals surface area contributed by atoms with Crippen molar-refractivity contribution in [3.8, 4) is 10.8 Å². The molecule has 116 valence electrons. The van der Waals surface area contributed by atoms with Crippen LogP contribution in [0.3, 0.4) is 0 Å². The molecule has 3 rings (SSSR count). The van der Waals surface area contributed by atoms with Crippen LogP contribution in [-0.2, 0) is 6.42 Å². The summed E-state index contributed by atoms with van der Waals surface area (Å²) in [7, 11) is 0. The molecule has 0 unspecified atom stereocenters. The van der Waals surface area contributed by atoms with Crippen LogP contribution < -0.4 is 5.32 Å². The van der Waals surface area contributed by atoms with Crippen molar-refractivity contribution in [1.82, 2.24) is 15.0 Å². The summed E-state index contributed by atoms with van der Waals surface area (Å²) < 4.78 is 0. The molecule has 0 aliphatic carbocycles. The van der Waals surface area contributed by atoms with E-state index in [1.807, 2.05) is 25.1 Å². The van der Waals surface area contributed by atoms with Crippen molar-refractivity contribution in [2.24, 2.45) is 0 Å². The lowest BCUT2D eigenvalue weighted by Crippen LogP contribution is -2.14. The van der Waals surface area contributed by atoms with Crippen LogP contribution in [0.25, 0.3) is 10.8 Å². The number of aromatic nitrogens is 3. The molecule has 5 nitrogen and oxygen atoms in total. The molecule has 2 aromatic heterocycles. The van der Waals surface area contributed by atoms with Gasteiger partial charge in [-0.2, -0.15) is 0 Å². The highest BCUT2D eigenvalue weighted by atomic mass is 32.1. The Bertz CT molecular complexity index is 830. The molecule has 0 aliphatic heterocycles. The van der Waals surface area contributed by atoms with E-state index in [1.165, 1.54) is 11.3 Å². The average molecular weight is 324 g/mol. The minimum absolute atomic E-state index is 0.215. The topological polar surface area (TPSA) is 67.8 Å². The highest BCUT2D eigenvalue weighted by Crippen LogP contribution is 2.24. The number of carbonyl (C=O) groups is 1. The van der Waals surface area contributed by atoms with Crippen LogP contribution in [0.1, 0.15) is 28.5 Å². The molecule has 0 bridgehead atoms. The third kappa shape index (κ3) is 3.27. The number of anilines is 1. The van der Waals surface area contributed by atoms with Crippen molar-refractivity contribution in [3.63, 3.8) is 0 Å². The SMILES string of the molecule is CCc1cccc(C)c1NC(=O)c1csc(-c2ncccn2)n1. The number of hydrogen-bond donors (Lipinski definition) is 1. The summed E-state index contributed by atoms with van der Waals surface area (Å²) in [4.78, 5) is 25.1. The average Bonchev–Trinajstić information content (AvgIpc) is 3.07. The van der Waals surface area contributed by atoms with E-state index in [-0.39, 0.29) is 5.91 Å². The van der Waals surface area contributed by atoms with Crippen LogP contribution in [0.15, 0.2) is 42.0 Å². The molecule has 0 atom stereocenters. The second-order valence-corrected chi connectivity index (χ2v) is 5.89. The van der Waals surface area contributed by atoms with E-state index in [2.05, 4.69) is 27.2 Å². The Morgan fingerprint density at radius 1 is 1.22 bits per heavy atom. The van der Waals surface area contributed by atoms with Crippen molar-refractivity contribution in [1.29, 1.82) is 0 Å². The minimum atomic E-state index is -0.215. The molecule has 0 aliphatic rings. The van der Waals surface area contributed by atoms with Gasteiger partial charge >= 0.3 is 0 Å². The quantitative estimate of drug-likeness (QED) is 0.794. The molecule has 1 aromatic carbocycles. The molecule has 0 saturated heterocycles. The summed E-state index contributed by atoms with van der Waals surface area (Å²) in [6.45, 7) is 4.05. The summed E-state index contributed by atoms with van der Waals surface area (Å²) in [6, 6.07) is 7.75. The number of nitrogens with one attached hydrogen (secondary N) is 1. The van der Waals surface area contributed by atoms with Crippen LogP contribution in [0.4, 0.5) is 5.69 Å². The van der Waals surface area contributed by atoms with Gasteiger partial charge in [0.25, 0.3) is 5.91 Å². The number of nitrogens with zero attached hydrogens (tertiary/aromatic N) is 3. The predicted octanol–water partition coefficient (Wildman–Crippen LogP) is 3.72. The summed E-state index contributed by atoms with van der Waals surface area (Å²) in [6.07, 6.45) is 4.17. The van der Waals surface area contributed by atoms with Gasteiger partial charge in [0.05, 0.1) is 0 Å². The normalized spacial score (nSPS) is 10.5. The van der Waals surface area contributed by atoms with Crippen LogP contribution >= 0.6 is 11.3 Å². The highest BCUT2D eigenvalue weighted by molar-refractivity contribution is 7.13. The Balaban J connectivity index is 1.84. The van der Waals surface area contributed by atoms with Gasteiger partial charge in [-0.25, -0.2) is 15.0 Å². The first kappa shape index (κ1) is 15.3. The van der Waals surface area contributed by atoms with Crippen LogP contribution in [0.5, 0.6) is 0 Å². The first-order valence-corrected chi connectivity index (χ1v) is 8.19. The largest absolute Gasteiger partial charge is 0.320 e. The van der Waals surface area contributed by atoms with Gasteiger partial charge in [-0.05, 0) is 30.5 Å². The maximum atomic E-state index is 12.5. The standard InChI is InChI=1S/C17H16N4OS/c1-3-12-7-4-6-11(2)14(12)21-16(22)13-10-23-17(20-13)15-18-8-5-9-19-15/h4-10H,3H2,1-2H3,(H,21,22). The van der Waals surface area contributed by atoms with Gasteiger partial charge in [0.1, 0.15) is 5.69 Å². The zero-order valence-corrected chi connectivity index (χ0v) is 13.7. The van der Waals surface area contributed by atoms with E-state index >= 15 is 0 Å². The molecule has 1 amide bonds. The maximum Gasteiger partial charge on any atom is 0.275 e. The van der Waals surface area contributed by atoms with Gasteiger partial charge in [-0.15, -0.1) is 11.3 Å². The number of thiazole rings is 1. The van der Waals surface area contributed by atoms with E-state index in [0.717, 1.165) is 23.2 Å². The molecule has 2 heterocycles. The van der Waals surface area contributed by atoms with Gasteiger partial charge in [0.2, 0.25) is 0 Å². The van der Waals surface area contributed by atoms with Crippen molar-refractivity contribution in [3.05, 3.63) is 58.9 Å². The van der Waals surface area contributed by atoms with Crippen molar-refractivity contribution >= 4 is 22.9 Å². The monoisotopic (exact) mass is 324 g/mol. The van der Waals surface area contributed by atoms with Crippen molar-refractivity contribution < 1.29 is 4.79 Å². The summed E-state index contributed by atoms with van der Waals surface area (Å²) in [5.74, 6) is 0.314. The molecule has 3 aromatic rings. The van der Waals surface area contributed by atoms with Crippen LogP contribution in [0, 0.1) is 6.92 Å².